The summed E-state index contributed by atoms with van der Waals surface area (Å²) >= 11 is 0. The Kier molecular flexibility index (Phi) is 4.78. The second kappa shape index (κ2) is 5.14. The molecular formula is C11H20O4. The van der Waals surface area contributed by atoms with Gasteiger partial charge in [-0.3, -0.25) is 9.59 Å². The average molecular weight is 216 g/mol. The van der Waals surface area contributed by atoms with Crippen molar-refractivity contribution in [2.75, 3.05) is 0 Å². The zero-order valence-electron chi connectivity index (χ0n) is 10.0. The Morgan fingerprint density at radius 2 is 1.80 bits per heavy atom. The standard InChI is InChI=1S/C11H20O4/c1-6-8(9(12)13)10(14)15-7(2)11(3,4)5/h7-8H,6H2,1-5H3,(H,12,13). The van der Waals surface area contributed by atoms with E-state index in [4.69, 9.17) is 9.84 Å². The van der Waals surface area contributed by atoms with Gasteiger partial charge in [0.05, 0.1) is 0 Å². The zero-order chi connectivity index (χ0) is 12.2. The van der Waals surface area contributed by atoms with Gasteiger partial charge in [-0.25, -0.2) is 0 Å². The Morgan fingerprint density at radius 3 is 2.07 bits per heavy atom. The first-order valence-corrected chi connectivity index (χ1v) is 5.13. The van der Waals surface area contributed by atoms with Gasteiger partial charge in [0.25, 0.3) is 0 Å². The van der Waals surface area contributed by atoms with E-state index in [1.807, 2.05) is 20.8 Å². The number of hydrogen-bond acceptors (Lipinski definition) is 3. The molecule has 0 heterocycles. The minimum absolute atomic E-state index is 0.174. The predicted octanol–water partition coefficient (Wildman–Crippen LogP) is 2.08. The van der Waals surface area contributed by atoms with Crippen LogP contribution in [0.25, 0.3) is 0 Å². The molecule has 0 aromatic heterocycles. The second-order valence-corrected chi connectivity index (χ2v) is 4.74. The van der Waals surface area contributed by atoms with Gasteiger partial charge in [-0.15, -0.1) is 0 Å². The number of carboxylic acids is 1. The van der Waals surface area contributed by atoms with E-state index in [9.17, 15) is 9.59 Å². The second-order valence-electron chi connectivity index (χ2n) is 4.74. The number of esters is 1. The van der Waals surface area contributed by atoms with Gasteiger partial charge in [0.15, 0.2) is 5.92 Å². The summed E-state index contributed by atoms with van der Waals surface area (Å²) in [5.41, 5.74) is -0.174. The molecule has 0 saturated carbocycles. The van der Waals surface area contributed by atoms with Crippen molar-refractivity contribution >= 4 is 11.9 Å². The van der Waals surface area contributed by atoms with E-state index in [0.29, 0.717) is 0 Å². The molecule has 0 aliphatic rings. The third kappa shape index (κ3) is 4.32. The fraction of sp³-hybridized carbons (Fsp3) is 0.818. The van der Waals surface area contributed by atoms with Crippen LogP contribution in [-0.2, 0) is 14.3 Å². The van der Waals surface area contributed by atoms with Gasteiger partial charge in [0, 0.05) is 0 Å². The first-order valence-electron chi connectivity index (χ1n) is 5.13. The van der Waals surface area contributed by atoms with E-state index >= 15 is 0 Å². The minimum Gasteiger partial charge on any atom is -0.481 e. The maximum atomic E-state index is 11.5. The van der Waals surface area contributed by atoms with E-state index in [0.717, 1.165) is 0 Å². The number of hydrogen-bond donors (Lipinski definition) is 1. The Labute approximate surface area is 90.6 Å². The van der Waals surface area contributed by atoms with Crippen molar-refractivity contribution in [3.63, 3.8) is 0 Å². The lowest BCUT2D eigenvalue weighted by Gasteiger charge is -2.27. The summed E-state index contributed by atoms with van der Waals surface area (Å²) in [6.07, 6.45) is -0.0382. The molecule has 15 heavy (non-hydrogen) atoms. The minimum atomic E-state index is -1.12. The van der Waals surface area contributed by atoms with E-state index in [-0.39, 0.29) is 17.9 Å². The number of aliphatic carboxylic acids is 1. The maximum Gasteiger partial charge on any atom is 0.320 e. The lowest BCUT2D eigenvalue weighted by atomic mass is 9.90. The molecule has 0 spiro atoms. The molecular weight excluding hydrogens is 196 g/mol. The molecule has 0 amide bonds. The van der Waals surface area contributed by atoms with Crippen LogP contribution in [0.1, 0.15) is 41.0 Å². The SMILES string of the molecule is CCC(C(=O)O)C(=O)OC(C)C(C)(C)C. The number of carbonyl (C=O) groups is 2. The summed E-state index contributed by atoms with van der Waals surface area (Å²) in [5.74, 6) is -2.81. The van der Waals surface area contributed by atoms with E-state index in [1.54, 1.807) is 13.8 Å². The fourth-order valence-electron chi connectivity index (χ4n) is 0.875. The third-order valence-corrected chi connectivity index (χ3v) is 2.50. The molecule has 0 aliphatic heterocycles. The molecule has 4 heteroatoms. The van der Waals surface area contributed by atoms with Crippen molar-refractivity contribution in [2.24, 2.45) is 11.3 Å². The molecule has 4 nitrogen and oxygen atoms in total. The molecule has 2 unspecified atom stereocenters. The molecule has 0 aromatic carbocycles. The number of ether oxygens (including phenoxy) is 1. The molecule has 0 saturated heterocycles. The van der Waals surface area contributed by atoms with Gasteiger partial charge in [0.1, 0.15) is 6.10 Å². The van der Waals surface area contributed by atoms with Gasteiger partial charge in [-0.1, -0.05) is 27.7 Å². The van der Waals surface area contributed by atoms with Crippen molar-refractivity contribution < 1.29 is 19.4 Å². The summed E-state index contributed by atoms with van der Waals surface area (Å²) in [6, 6.07) is 0. The molecule has 88 valence electrons. The summed E-state index contributed by atoms with van der Waals surface area (Å²) in [4.78, 5) is 22.2. The van der Waals surface area contributed by atoms with Crippen LogP contribution in [0.2, 0.25) is 0 Å². The van der Waals surface area contributed by atoms with Gasteiger partial charge in [-0.05, 0) is 18.8 Å². The smallest absolute Gasteiger partial charge is 0.320 e. The van der Waals surface area contributed by atoms with Crippen LogP contribution in [0.5, 0.6) is 0 Å². The van der Waals surface area contributed by atoms with E-state index in [1.165, 1.54) is 0 Å². The Morgan fingerprint density at radius 1 is 1.33 bits per heavy atom. The van der Waals surface area contributed by atoms with E-state index in [2.05, 4.69) is 0 Å². The lowest BCUT2D eigenvalue weighted by Crippen LogP contribution is -2.34. The Balaban J connectivity index is 4.42. The normalized spacial score (nSPS) is 15.5. The van der Waals surface area contributed by atoms with Crippen LogP contribution < -0.4 is 0 Å². The first kappa shape index (κ1) is 13.9. The highest BCUT2D eigenvalue weighted by molar-refractivity contribution is 5.93. The van der Waals surface area contributed by atoms with Crippen LogP contribution in [0.3, 0.4) is 0 Å². The molecule has 0 aromatic rings. The summed E-state index contributed by atoms with van der Waals surface area (Å²) in [6.45, 7) is 9.24. The average Bonchev–Trinajstić information content (AvgIpc) is 2.02. The van der Waals surface area contributed by atoms with E-state index < -0.39 is 17.9 Å². The highest BCUT2D eigenvalue weighted by Gasteiger charge is 2.30. The van der Waals surface area contributed by atoms with Crippen LogP contribution in [0.4, 0.5) is 0 Å². The highest BCUT2D eigenvalue weighted by Crippen LogP contribution is 2.23. The highest BCUT2D eigenvalue weighted by atomic mass is 16.5. The predicted molar refractivity (Wildman–Crippen MR) is 56.4 cm³/mol. The fourth-order valence-corrected chi connectivity index (χ4v) is 0.875. The van der Waals surface area contributed by atoms with Crippen molar-refractivity contribution in [3.05, 3.63) is 0 Å². The Hall–Kier alpha value is -1.06. The van der Waals surface area contributed by atoms with Gasteiger partial charge in [-0.2, -0.15) is 0 Å². The molecule has 0 bridgehead atoms. The molecule has 0 fully saturated rings. The summed E-state index contributed by atoms with van der Waals surface area (Å²) in [7, 11) is 0. The maximum absolute atomic E-state index is 11.5. The van der Waals surface area contributed by atoms with Crippen molar-refractivity contribution in [1.82, 2.24) is 0 Å². The van der Waals surface area contributed by atoms with Crippen LogP contribution >= 0.6 is 0 Å². The number of carboxylic acid groups (broad SMARTS) is 1. The van der Waals surface area contributed by atoms with Gasteiger partial charge >= 0.3 is 11.9 Å². The van der Waals surface area contributed by atoms with Crippen LogP contribution in [-0.4, -0.2) is 23.1 Å². The summed E-state index contributed by atoms with van der Waals surface area (Å²) < 4.78 is 5.11. The van der Waals surface area contributed by atoms with Crippen molar-refractivity contribution in [2.45, 2.75) is 47.1 Å². The first-order chi connectivity index (χ1) is 6.70. The third-order valence-electron chi connectivity index (χ3n) is 2.50. The topological polar surface area (TPSA) is 63.6 Å². The largest absolute Gasteiger partial charge is 0.481 e. The van der Waals surface area contributed by atoms with Crippen LogP contribution in [0.15, 0.2) is 0 Å². The summed E-state index contributed by atoms with van der Waals surface area (Å²) in [5, 5.41) is 8.76. The van der Waals surface area contributed by atoms with Crippen LogP contribution in [0, 0.1) is 11.3 Å². The molecule has 1 N–H and O–H groups in total. The van der Waals surface area contributed by atoms with Crippen molar-refractivity contribution in [3.8, 4) is 0 Å². The Bertz CT molecular complexity index is 239. The van der Waals surface area contributed by atoms with Crippen molar-refractivity contribution in [1.29, 1.82) is 0 Å². The van der Waals surface area contributed by atoms with Gasteiger partial charge in [0.2, 0.25) is 0 Å². The number of carbonyl (C=O) groups excluding carboxylic acids is 1. The number of rotatable bonds is 4. The monoisotopic (exact) mass is 216 g/mol. The zero-order valence-corrected chi connectivity index (χ0v) is 10.0. The van der Waals surface area contributed by atoms with Gasteiger partial charge < -0.3 is 9.84 Å². The molecule has 0 radical (unpaired) electrons. The molecule has 0 aliphatic carbocycles. The lowest BCUT2D eigenvalue weighted by molar-refractivity contribution is -0.165. The molecule has 0 rings (SSSR count). The molecule has 2 atom stereocenters. The quantitative estimate of drug-likeness (QED) is 0.577.